The lowest BCUT2D eigenvalue weighted by atomic mass is 9.91. The predicted octanol–water partition coefficient (Wildman–Crippen LogP) is 0.183. The molecule has 1 rings (SSSR count). The summed E-state index contributed by atoms with van der Waals surface area (Å²) in [7, 11) is 0. The Kier molecular flexibility index (Phi) is 3.53. The highest BCUT2D eigenvalue weighted by Gasteiger charge is 2.44. The van der Waals surface area contributed by atoms with Crippen molar-refractivity contribution in [3.63, 3.8) is 0 Å². The first-order chi connectivity index (χ1) is 6.10. The van der Waals surface area contributed by atoms with Crippen molar-refractivity contribution in [3.05, 3.63) is 0 Å². The number of carboxylic acids is 1. The van der Waals surface area contributed by atoms with Gasteiger partial charge in [-0.05, 0) is 12.8 Å². The maximum absolute atomic E-state index is 11.0. The number of nitrogens with one attached hydrogen (secondary N) is 1. The Hall–Kier alpha value is -0.320. The quantitative estimate of drug-likeness (QED) is 0.576. The van der Waals surface area contributed by atoms with Crippen LogP contribution in [-0.4, -0.2) is 40.3 Å². The van der Waals surface area contributed by atoms with Crippen LogP contribution < -0.4 is 5.32 Å². The molecule has 0 saturated carbocycles. The molecule has 5 heteroatoms. The van der Waals surface area contributed by atoms with Gasteiger partial charge in [-0.2, -0.15) is 0 Å². The van der Waals surface area contributed by atoms with Gasteiger partial charge < -0.3 is 10.2 Å². The smallest absolute Gasteiger partial charge is 0.324 e. The first kappa shape index (κ1) is 10.8. The fraction of sp³-hybridized carbons (Fsp3) is 0.875. The zero-order chi connectivity index (χ0) is 9.90. The molecule has 0 aliphatic carbocycles. The van der Waals surface area contributed by atoms with E-state index in [9.17, 15) is 9.90 Å². The Morgan fingerprint density at radius 1 is 1.69 bits per heavy atom. The molecule has 0 spiro atoms. The lowest BCUT2D eigenvalue weighted by molar-refractivity contribution is -0.144. The number of aliphatic hydroxyl groups excluding tert-OH is 1. The topological polar surface area (TPSA) is 69.6 Å². The van der Waals surface area contributed by atoms with E-state index in [1.54, 1.807) is 0 Å². The Bertz CT molecular complexity index is 200. The zero-order valence-corrected chi connectivity index (χ0v) is 8.05. The number of aliphatic hydroxyl groups is 1. The Morgan fingerprint density at radius 2 is 2.38 bits per heavy atom. The fourth-order valence-electron chi connectivity index (χ4n) is 1.69. The minimum absolute atomic E-state index is 0.277. The van der Waals surface area contributed by atoms with E-state index in [-0.39, 0.29) is 6.42 Å². The van der Waals surface area contributed by atoms with Crippen molar-refractivity contribution in [2.75, 3.05) is 12.4 Å². The summed E-state index contributed by atoms with van der Waals surface area (Å²) in [6.07, 6.45) is 0.849. The lowest BCUT2D eigenvalue weighted by Crippen LogP contribution is -2.47. The van der Waals surface area contributed by atoms with Gasteiger partial charge in [0.15, 0.2) is 0 Å². The van der Waals surface area contributed by atoms with Crippen molar-refractivity contribution in [3.8, 4) is 0 Å². The summed E-state index contributed by atoms with van der Waals surface area (Å²) < 4.78 is 0. The van der Waals surface area contributed by atoms with Gasteiger partial charge in [-0.15, -0.1) is 11.6 Å². The number of hydrogen-bond donors (Lipinski definition) is 3. The third-order valence-corrected chi connectivity index (χ3v) is 2.67. The molecule has 13 heavy (non-hydrogen) atoms. The minimum Gasteiger partial charge on any atom is -0.480 e. The first-order valence-electron chi connectivity index (χ1n) is 4.33. The van der Waals surface area contributed by atoms with Crippen molar-refractivity contribution in [2.24, 2.45) is 0 Å². The van der Waals surface area contributed by atoms with Gasteiger partial charge in [-0.3, -0.25) is 10.1 Å². The standard InChI is InChI=1S/C8H14ClNO3/c9-3-1-2-8(7(12)13)4-6(11)5-10-8/h6,10-11H,1-5H2,(H,12,13)/t6-,8?/m0/s1. The minimum atomic E-state index is -0.950. The van der Waals surface area contributed by atoms with Crippen molar-refractivity contribution < 1.29 is 15.0 Å². The average molecular weight is 208 g/mol. The molecule has 0 radical (unpaired) electrons. The second-order valence-electron chi connectivity index (χ2n) is 3.42. The molecule has 1 unspecified atom stereocenters. The third kappa shape index (κ3) is 2.33. The summed E-state index contributed by atoms with van der Waals surface area (Å²) >= 11 is 5.50. The number of β-amino-alcohol motifs (C(OH)–C–C–N with tert-alkyl or cyclic N) is 1. The summed E-state index contributed by atoms with van der Waals surface area (Å²) in [5.74, 6) is -0.443. The number of aliphatic carboxylic acids is 1. The predicted molar refractivity (Wildman–Crippen MR) is 48.9 cm³/mol. The molecule has 1 heterocycles. The highest BCUT2D eigenvalue weighted by Crippen LogP contribution is 2.25. The normalized spacial score (nSPS) is 33.5. The van der Waals surface area contributed by atoms with Gasteiger partial charge in [0.25, 0.3) is 0 Å². The van der Waals surface area contributed by atoms with Crippen LogP contribution in [0.25, 0.3) is 0 Å². The number of rotatable bonds is 4. The summed E-state index contributed by atoms with van der Waals surface area (Å²) in [5, 5.41) is 21.1. The maximum atomic E-state index is 11.0. The van der Waals surface area contributed by atoms with Crippen molar-refractivity contribution in [1.29, 1.82) is 0 Å². The number of hydrogen-bond acceptors (Lipinski definition) is 3. The summed E-state index contributed by atoms with van der Waals surface area (Å²) in [4.78, 5) is 11.0. The van der Waals surface area contributed by atoms with Gasteiger partial charge in [0, 0.05) is 18.8 Å². The largest absolute Gasteiger partial charge is 0.480 e. The van der Waals surface area contributed by atoms with Crippen molar-refractivity contribution in [2.45, 2.75) is 30.9 Å². The Balaban J connectivity index is 2.60. The molecule has 1 saturated heterocycles. The number of alkyl halides is 1. The second-order valence-corrected chi connectivity index (χ2v) is 3.80. The van der Waals surface area contributed by atoms with E-state index in [4.69, 9.17) is 16.7 Å². The lowest BCUT2D eigenvalue weighted by Gasteiger charge is -2.23. The van der Waals surface area contributed by atoms with E-state index >= 15 is 0 Å². The van der Waals surface area contributed by atoms with Crippen LogP contribution in [0.1, 0.15) is 19.3 Å². The number of carbonyl (C=O) groups is 1. The molecule has 0 aromatic rings. The molecule has 1 fully saturated rings. The molecule has 1 aliphatic heterocycles. The molecule has 76 valence electrons. The van der Waals surface area contributed by atoms with Crippen LogP contribution in [-0.2, 0) is 4.79 Å². The van der Waals surface area contributed by atoms with Crippen LogP contribution in [0.4, 0.5) is 0 Å². The molecule has 0 bridgehead atoms. The molecule has 1 aliphatic rings. The van der Waals surface area contributed by atoms with E-state index in [1.165, 1.54) is 0 Å². The summed E-state index contributed by atoms with van der Waals surface area (Å²) in [6, 6.07) is 0. The average Bonchev–Trinajstić information content (AvgIpc) is 2.45. The van der Waals surface area contributed by atoms with Gasteiger partial charge in [-0.25, -0.2) is 0 Å². The van der Waals surface area contributed by atoms with Crippen molar-refractivity contribution >= 4 is 17.6 Å². The summed E-state index contributed by atoms with van der Waals surface area (Å²) in [6.45, 7) is 0.356. The van der Waals surface area contributed by atoms with Crippen LogP contribution in [0.2, 0.25) is 0 Å². The van der Waals surface area contributed by atoms with Crippen LogP contribution >= 0.6 is 11.6 Å². The second kappa shape index (κ2) is 4.26. The molecule has 4 nitrogen and oxygen atoms in total. The highest BCUT2D eigenvalue weighted by molar-refractivity contribution is 6.17. The third-order valence-electron chi connectivity index (χ3n) is 2.41. The van der Waals surface area contributed by atoms with E-state index in [0.717, 1.165) is 0 Å². The van der Waals surface area contributed by atoms with Crippen LogP contribution in [0, 0.1) is 0 Å². The van der Waals surface area contributed by atoms with E-state index < -0.39 is 17.6 Å². The van der Waals surface area contributed by atoms with Gasteiger partial charge >= 0.3 is 5.97 Å². The Labute approximate surface area is 81.9 Å². The van der Waals surface area contributed by atoms with Gasteiger partial charge in [0.1, 0.15) is 5.54 Å². The molecule has 0 aromatic carbocycles. The van der Waals surface area contributed by atoms with Crippen LogP contribution in [0.5, 0.6) is 0 Å². The van der Waals surface area contributed by atoms with Crippen molar-refractivity contribution in [1.82, 2.24) is 5.32 Å². The van der Waals surface area contributed by atoms with Crippen LogP contribution in [0.3, 0.4) is 0 Å². The van der Waals surface area contributed by atoms with Gasteiger partial charge in [-0.1, -0.05) is 0 Å². The van der Waals surface area contributed by atoms with E-state index in [2.05, 4.69) is 5.32 Å². The maximum Gasteiger partial charge on any atom is 0.324 e. The van der Waals surface area contributed by atoms with Gasteiger partial charge in [0.2, 0.25) is 0 Å². The summed E-state index contributed by atoms with van der Waals surface area (Å²) in [5.41, 5.74) is -0.950. The Morgan fingerprint density at radius 3 is 2.77 bits per heavy atom. The molecule has 2 atom stereocenters. The van der Waals surface area contributed by atoms with E-state index in [0.29, 0.717) is 25.3 Å². The van der Waals surface area contributed by atoms with E-state index in [1.807, 2.05) is 0 Å². The SMILES string of the molecule is O=C(O)C1(CCCCl)C[C@H](O)CN1. The highest BCUT2D eigenvalue weighted by atomic mass is 35.5. The monoisotopic (exact) mass is 207 g/mol. The molecule has 0 aromatic heterocycles. The zero-order valence-electron chi connectivity index (χ0n) is 7.29. The molecular weight excluding hydrogens is 194 g/mol. The number of halogens is 1. The molecular formula is C8H14ClNO3. The van der Waals surface area contributed by atoms with Crippen LogP contribution in [0.15, 0.2) is 0 Å². The molecule has 0 amide bonds. The fourth-order valence-corrected chi connectivity index (χ4v) is 1.82. The molecule has 3 N–H and O–H groups in total. The van der Waals surface area contributed by atoms with Gasteiger partial charge in [0.05, 0.1) is 6.10 Å². The number of carboxylic acid groups (broad SMARTS) is 1. The first-order valence-corrected chi connectivity index (χ1v) is 4.86.